The second-order valence-electron chi connectivity index (χ2n) is 4.36. The summed E-state index contributed by atoms with van der Waals surface area (Å²) in [4.78, 5) is 1.49. The van der Waals surface area contributed by atoms with E-state index in [1.165, 1.54) is 10.4 Å². The van der Waals surface area contributed by atoms with Crippen LogP contribution < -0.4 is 5.73 Å². The van der Waals surface area contributed by atoms with E-state index < -0.39 is 0 Å². The minimum Gasteiger partial charge on any atom is -0.399 e. The summed E-state index contributed by atoms with van der Waals surface area (Å²) in [5.74, 6) is 0.608. The predicted molar refractivity (Wildman–Crippen MR) is 73.7 cm³/mol. The maximum Gasteiger partial charge on any atom is 0.205 e. The van der Waals surface area contributed by atoms with Crippen LogP contribution in [0, 0.1) is 6.92 Å². The van der Waals surface area contributed by atoms with Crippen molar-refractivity contribution in [1.82, 2.24) is 20.2 Å². The Bertz CT molecular complexity index is 623. The van der Waals surface area contributed by atoms with E-state index in [1.54, 1.807) is 0 Å². The first-order valence-corrected chi connectivity index (χ1v) is 5.95. The summed E-state index contributed by atoms with van der Waals surface area (Å²) in [7, 11) is 0. The Labute approximate surface area is 110 Å². The van der Waals surface area contributed by atoms with Gasteiger partial charge in [-0.1, -0.05) is 29.8 Å². The lowest BCUT2D eigenvalue weighted by Gasteiger charge is -1.98. The zero-order valence-electron chi connectivity index (χ0n) is 10.5. The smallest absolute Gasteiger partial charge is 0.205 e. The molecule has 2 N–H and O–H groups in total. The monoisotopic (exact) mass is 251 g/mol. The fraction of sp³-hybridized carbons (Fsp3) is 0.0714. The number of rotatable bonds is 2. The molecule has 0 aliphatic rings. The van der Waals surface area contributed by atoms with E-state index in [2.05, 4.69) is 15.4 Å². The normalized spacial score (nSPS) is 10.6. The second-order valence-corrected chi connectivity index (χ2v) is 4.36. The van der Waals surface area contributed by atoms with E-state index in [0.717, 1.165) is 11.3 Å². The standard InChI is InChI=1S/C14H13N5/c1-10-2-4-11(5-3-10)14-16-18-19(17-14)13-8-6-12(15)7-9-13/h2-9H,15H2,1H3. The quantitative estimate of drug-likeness (QED) is 0.709. The van der Waals surface area contributed by atoms with Crippen LogP contribution in [-0.4, -0.2) is 20.2 Å². The van der Waals surface area contributed by atoms with Gasteiger partial charge in [0.15, 0.2) is 0 Å². The van der Waals surface area contributed by atoms with Gasteiger partial charge in [-0.25, -0.2) is 0 Å². The van der Waals surface area contributed by atoms with Gasteiger partial charge in [0.05, 0.1) is 5.69 Å². The Kier molecular flexibility index (Phi) is 2.72. The van der Waals surface area contributed by atoms with Crippen LogP contribution in [0.1, 0.15) is 5.56 Å². The van der Waals surface area contributed by atoms with Crippen molar-refractivity contribution in [2.75, 3.05) is 5.73 Å². The van der Waals surface area contributed by atoms with Crippen molar-refractivity contribution >= 4 is 5.69 Å². The molecule has 0 fully saturated rings. The van der Waals surface area contributed by atoms with E-state index in [0.29, 0.717) is 11.5 Å². The third-order valence-electron chi connectivity index (χ3n) is 2.85. The van der Waals surface area contributed by atoms with Crippen LogP contribution in [0.3, 0.4) is 0 Å². The highest BCUT2D eigenvalue weighted by Crippen LogP contribution is 2.15. The lowest BCUT2D eigenvalue weighted by Crippen LogP contribution is -1.99. The Balaban J connectivity index is 1.95. The van der Waals surface area contributed by atoms with Crippen LogP contribution in [0.5, 0.6) is 0 Å². The molecule has 3 aromatic rings. The van der Waals surface area contributed by atoms with Crippen molar-refractivity contribution in [3.05, 3.63) is 54.1 Å². The molecule has 0 aliphatic heterocycles. The highest BCUT2D eigenvalue weighted by Gasteiger charge is 2.06. The van der Waals surface area contributed by atoms with Gasteiger partial charge in [0.2, 0.25) is 5.82 Å². The molecule has 0 unspecified atom stereocenters. The number of hydrogen-bond acceptors (Lipinski definition) is 4. The van der Waals surface area contributed by atoms with Crippen LogP contribution >= 0.6 is 0 Å². The summed E-state index contributed by atoms with van der Waals surface area (Å²) in [6.45, 7) is 2.04. The van der Waals surface area contributed by atoms with Crippen molar-refractivity contribution in [2.45, 2.75) is 6.92 Å². The minimum absolute atomic E-state index is 0.608. The number of aromatic nitrogens is 4. The van der Waals surface area contributed by atoms with Gasteiger partial charge in [-0.2, -0.15) is 0 Å². The van der Waals surface area contributed by atoms with E-state index in [9.17, 15) is 0 Å². The Morgan fingerprint density at radius 1 is 0.947 bits per heavy atom. The first-order chi connectivity index (χ1) is 9.22. The third-order valence-corrected chi connectivity index (χ3v) is 2.85. The summed E-state index contributed by atoms with van der Waals surface area (Å²) >= 11 is 0. The van der Waals surface area contributed by atoms with E-state index >= 15 is 0 Å². The van der Waals surface area contributed by atoms with Crippen LogP contribution in [0.15, 0.2) is 48.5 Å². The topological polar surface area (TPSA) is 69.6 Å². The van der Waals surface area contributed by atoms with Gasteiger partial charge < -0.3 is 5.73 Å². The molecule has 2 aromatic carbocycles. The predicted octanol–water partition coefficient (Wildman–Crippen LogP) is 2.22. The highest BCUT2D eigenvalue weighted by atomic mass is 15.6. The number of nitrogen functional groups attached to an aromatic ring is 1. The molecule has 0 aliphatic carbocycles. The average Bonchev–Trinajstić information content (AvgIpc) is 2.90. The molecule has 19 heavy (non-hydrogen) atoms. The fourth-order valence-corrected chi connectivity index (χ4v) is 1.75. The SMILES string of the molecule is Cc1ccc(-c2nnn(-c3ccc(N)cc3)n2)cc1. The molecule has 94 valence electrons. The van der Waals surface area contributed by atoms with Gasteiger partial charge in [0, 0.05) is 11.3 Å². The molecule has 0 bridgehead atoms. The molecule has 1 aromatic heterocycles. The van der Waals surface area contributed by atoms with E-state index in [1.807, 2.05) is 55.5 Å². The molecule has 0 atom stereocenters. The summed E-state index contributed by atoms with van der Waals surface area (Å²) in [6.07, 6.45) is 0. The molecule has 5 heteroatoms. The average molecular weight is 251 g/mol. The molecule has 0 saturated heterocycles. The Morgan fingerprint density at radius 3 is 2.32 bits per heavy atom. The van der Waals surface area contributed by atoms with Crippen LogP contribution in [0.25, 0.3) is 17.1 Å². The molecule has 0 spiro atoms. The molecule has 0 amide bonds. The zero-order chi connectivity index (χ0) is 13.2. The lowest BCUT2D eigenvalue weighted by molar-refractivity contribution is 0.720. The maximum absolute atomic E-state index is 5.65. The zero-order valence-corrected chi connectivity index (χ0v) is 10.5. The van der Waals surface area contributed by atoms with Crippen LogP contribution in [-0.2, 0) is 0 Å². The molecular formula is C14H13N5. The molecule has 0 radical (unpaired) electrons. The number of hydrogen-bond donors (Lipinski definition) is 1. The minimum atomic E-state index is 0.608. The second kappa shape index (κ2) is 4.53. The first kappa shape index (κ1) is 11.4. The number of aryl methyl sites for hydroxylation is 1. The Hall–Kier alpha value is -2.69. The highest BCUT2D eigenvalue weighted by molar-refractivity contribution is 5.54. The largest absolute Gasteiger partial charge is 0.399 e. The Morgan fingerprint density at radius 2 is 1.63 bits per heavy atom. The van der Waals surface area contributed by atoms with Gasteiger partial charge >= 0.3 is 0 Å². The number of nitrogens with zero attached hydrogens (tertiary/aromatic N) is 4. The summed E-state index contributed by atoms with van der Waals surface area (Å²) < 4.78 is 0. The van der Waals surface area contributed by atoms with Crippen molar-refractivity contribution in [1.29, 1.82) is 0 Å². The number of benzene rings is 2. The first-order valence-electron chi connectivity index (χ1n) is 5.95. The molecule has 1 heterocycles. The number of tetrazole rings is 1. The van der Waals surface area contributed by atoms with Gasteiger partial charge in [-0.05, 0) is 36.4 Å². The van der Waals surface area contributed by atoms with Gasteiger partial charge in [0.25, 0.3) is 0 Å². The number of anilines is 1. The van der Waals surface area contributed by atoms with Gasteiger partial charge in [-0.3, -0.25) is 0 Å². The van der Waals surface area contributed by atoms with Crippen molar-refractivity contribution in [3.63, 3.8) is 0 Å². The molecular weight excluding hydrogens is 238 g/mol. The van der Waals surface area contributed by atoms with E-state index in [-0.39, 0.29) is 0 Å². The van der Waals surface area contributed by atoms with Crippen molar-refractivity contribution < 1.29 is 0 Å². The molecule has 0 saturated carbocycles. The summed E-state index contributed by atoms with van der Waals surface area (Å²) in [6, 6.07) is 15.4. The third kappa shape index (κ3) is 2.30. The van der Waals surface area contributed by atoms with Gasteiger partial charge in [-0.15, -0.1) is 15.0 Å². The maximum atomic E-state index is 5.65. The summed E-state index contributed by atoms with van der Waals surface area (Å²) in [5, 5.41) is 12.5. The fourth-order valence-electron chi connectivity index (χ4n) is 1.75. The molecule has 5 nitrogen and oxygen atoms in total. The van der Waals surface area contributed by atoms with Crippen molar-refractivity contribution in [3.8, 4) is 17.1 Å². The molecule has 3 rings (SSSR count). The summed E-state index contributed by atoms with van der Waals surface area (Å²) in [5.41, 5.74) is 9.35. The van der Waals surface area contributed by atoms with Gasteiger partial charge in [0.1, 0.15) is 0 Å². The number of nitrogens with two attached hydrogens (primary N) is 1. The van der Waals surface area contributed by atoms with Crippen molar-refractivity contribution in [2.24, 2.45) is 0 Å². The lowest BCUT2D eigenvalue weighted by atomic mass is 10.1. The van der Waals surface area contributed by atoms with Crippen LogP contribution in [0.4, 0.5) is 5.69 Å². The van der Waals surface area contributed by atoms with Crippen LogP contribution in [0.2, 0.25) is 0 Å². The van der Waals surface area contributed by atoms with E-state index in [4.69, 9.17) is 5.73 Å².